The Hall–Kier alpha value is -0.410. The van der Waals surface area contributed by atoms with Crippen molar-refractivity contribution in [3.63, 3.8) is 0 Å². The van der Waals surface area contributed by atoms with Crippen molar-refractivity contribution in [2.75, 3.05) is 6.54 Å². The molecule has 0 aliphatic rings. The highest BCUT2D eigenvalue weighted by Gasteiger charge is 2.18. The summed E-state index contributed by atoms with van der Waals surface area (Å²) in [5.41, 5.74) is 1.23. The average molecular weight is 316 g/mol. The van der Waals surface area contributed by atoms with E-state index in [9.17, 15) is 4.39 Å². The summed E-state index contributed by atoms with van der Waals surface area (Å²) in [7, 11) is 0. The van der Waals surface area contributed by atoms with Crippen LogP contribution in [-0.4, -0.2) is 12.6 Å². The zero-order valence-electron chi connectivity index (χ0n) is 11.7. The molecule has 1 aromatic carbocycles. The van der Waals surface area contributed by atoms with E-state index in [1.54, 1.807) is 6.07 Å². The highest BCUT2D eigenvalue weighted by molar-refractivity contribution is 9.10. The largest absolute Gasteiger partial charge is 0.315 e. The van der Waals surface area contributed by atoms with Gasteiger partial charge >= 0.3 is 0 Å². The van der Waals surface area contributed by atoms with E-state index in [1.165, 1.54) is 6.07 Å². The fourth-order valence-corrected chi connectivity index (χ4v) is 2.57. The van der Waals surface area contributed by atoms with Crippen molar-refractivity contribution in [1.29, 1.82) is 0 Å². The molecule has 0 radical (unpaired) electrons. The average Bonchev–Trinajstić information content (AvgIpc) is 2.12. The van der Waals surface area contributed by atoms with Gasteiger partial charge < -0.3 is 5.32 Å². The van der Waals surface area contributed by atoms with Gasteiger partial charge in [0.2, 0.25) is 0 Å². The van der Waals surface area contributed by atoms with Gasteiger partial charge in [0.1, 0.15) is 5.82 Å². The lowest BCUT2D eigenvalue weighted by Gasteiger charge is -2.25. The summed E-state index contributed by atoms with van der Waals surface area (Å²) in [5, 5.41) is 3.43. The molecule has 0 unspecified atom stereocenters. The monoisotopic (exact) mass is 315 g/mol. The molecule has 0 aliphatic carbocycles. The molecule has 102 valence electrons. The number of nitrogens with one attached hydrogen (secondary N) is 1. The Morgan fingerprint density at radius 2 is 1.94 bits per heavy atom. The second-order valence-corrected chi connectivity index (χ2v) is 6.89. The van der Waals surface area contributed by atoms with Crippen LogP contribution in [0.25, 0.3) is 0 Å². The van der Waals surface area contributed by atoms with Crippen molar-refractivity contribution >= 4 is 15.9 Å². The zero-order chi connectivity index (χ0) is 13.8. The Bertz CT molecular complexity index is 368. The standard InChI is InChI=1S/C15H23BrFN/c1-11(2)18-6-5-15(3,4)10-12-7-13(16)9-14(17)8-12/h7-9,11,18H,5-6,10H2,1-4H3. The Kier molecular flexibility index (Phi) is 5.80. The van der Waals surface area contributed by atoms with Crippen LogP contribution < -0.4 is 5.32 Å². The van der Waals surface area contributed by atoms with E-state index in [4.69, 9.17) is 0 Å². The number of rotatable bonds is 6. The molecule has 1 rings (SSSR count). The van der Waals surface area contributed by atoms with Crippen LogP contribution in [-0.2, 0) is 6.42 Å². The van der Waals surface area contributed by atoms with Crippen molar-refractivity contribution in [1.82, 2.24) is 5.32 Å². The molecule has 3 heteroatoms. The van der Waals surface area contributed by atoms with Gasteiger partial charge in [0.15, 0.2) is 0 Å². The summed E-state index contributed by atoms with van der Waals surface area (Å²) in [6.07, 6.45) is 1.97. The van der Waals surface area contributed by atoms with Crippen LogP contribution in [0.3, 0.4) is 0 Å². The first-order valence-corrected chi connectivity index (χ1v) is 7.26. The van der Waals surface area contributed by atoms with E-state index < -0.39 is 0 Å². The topological polar surface area (TPSA) is 12.0 Å². The molecule has 1 nitrogen and oxygen atoms in total. The summed E-state index contributed by atoms with van der Waals surface area (Å²) < 4.78 is 14.1. The van der Waals surface area contributed by atoms with Crippen LogP contribution in [0.1, 0.15) is 39.7 Å². The molecule has 0 heterocycles. The van der Waals surface area contributed by atoms with Crippen LogP contribution in [0.5, 0.6) is 0 Å². The van der Waals surface area contributed by atoms with Gasteiger partial charge in [0.05, 0.1) is 0 Å². The fourth-order valence-electron chi connectivity index (χ4n) is 2.05. The van der Waals surface area contributed by atoms with Gasteiger partial charge in [-0.15, -0.1) is 0 Å². The molecule has 0 fully saturated rings. The van der Waals surface area contributed by atoms with Crippen LogP contribution in [0.4, 0.5) is 4.39 Å². The smallest absolute Gasteiger partial charge is 0.124 e. The normalized spacial score (nSPS) is 12.2. The Morgan fingerprint density at radius 3 is 2.50 bits per heavy atom. The van der Waals surface area contributed by atoms with Crippen molar-refractivity contribution in [2.24, 2.45) is 5.41 Å². The number of hydrogen-bond acceptors (Lipinski definition) is 1. The van der Waals surface area contributed by atoms with Gasteiger partial charge in [-0.3, -0.25) is 0 Å². The first kappa shape index (κ1) is 15.6. The van der Waals surface area contributed by atoms with E-state index in [0.717, 1.165) is 29.4 Å². The predicted molar refractivity (Wildman–Crippen MR) is 79.3 cm³/mol. The minimum Gasteiger partial charge on any atom is -0.315 e. The Balaban J connectivity index is 2.58. The van der Waals surface area contributed by atoms with Crippen molar-refractivity contribution in [3.05, 3.63) is 34.1 Å². The molecule has 1 aromatic rings. The first-order chi connectivity index (χ1) is 8.28. The molecule has 0 amide bonds. The maximum absolute atomic E-state index is 13.3. The number of benzene rings is 1. The maximum Gasteiger partial charge on any atom is 0.124 e. The van der Waals surface area contributed by atoms with Crippen LogP contribution >= 0.6 is 15.9 Å². The molecule has 0 saturated carbocycles. The summed E-state index contributed by atoms with van der Waals surface area (Å²) in [6, 6.07) is 5.64. The Labute approximate surface area is 118 Å². The van der Waals surface area contributed by atoms with Crippen molar-refractivity contribution < 1.29 is 4.39 Å². The molecule has 0 saturated heterocycles. The summed E-state index contributed by atoms with van der Waals surface area (Å²) >= 11 is 3.34. The molecule has 0 atom stereocenters. The lowest BCUT2D eigenvalue weighted by atomic mass is 9.82. The third-order valence-corrected chi connectivity index (χ3v) is 3.42. The maximum atomic E-state index is 13.3. The van der Waals surface area contributed by atoms with E-state index in [2.05, 4.69) is 48.9 Å². The highest BCUT2D eigenvalue weighted by Crippen LogP contribution is 2.27. The van der Waals surface area contributed by atoms with E-state index in [-0.39, 0.29) is 11.2 Å². The van der Waals surface area contributed by atoms with Gasteiger partial charge in [-0.25, -0.2) is 4.39 Å². The number of hydrogen-bond donors (Lipinski definition) is 1. The lowest BCUT2D eigenvalue weighted by molar-refractivity contribution is 0.320. The van der Waals surface area contributed by atoms with E-state index >= 15 is 0 Å². The molecule has 0 aromatic heterocycles. The minimum absolute atomic E-state index is 0.171. The summed E-state index contributed by atoms with van der Waals surface area (Å²) in [5.74, 6) is -0.171. The highest BCUT2D eigenvalue weighted by atomic mass is 79.9. The van der Waals surface area contributed by atoms with E-state index in [1.807, 2.05) is 6.07 Å². The van der Waals surface area contributed by atoms with Gasteiger partial charge in [0, 0.05) is 10.5 Å². The van der Waals surface area contributed by atoms with Gasteiger partial charge in [0.25, 0.3) is 0 Å². The van der Waals surface area contributed by atoms with Crippen LogP contribution in [0, 0.1) is 11.2 Å². The first-order valence-electron chi connectivity index (χ1n) is 6.47. The minimum atomic E-state index is -0.171. The lowest BCUT2D eigenvalue weighted by Crippen LogP contribution is -2.28. The third-order valence-electron chi connectivity index (χ3n) is 2.96. The van der Waals surface area contributed by atoms with Crippen LogP contribution in [0.15, 0.2) is 22.7 Å². The molecule has 0 aliphatic heterocycles. The molecular formula is C15H23BrFN. The predicted octanol–water partition coefficient (Wildman–Crippen LogP) is 4.55. The van der Waals surface area contributed by atoms with Gasteiger partial charge in [-0.05, 0) is 48.6 Å². The molecular weight excluding hydrogens is 293 g/mol. The Morgan fingerprint density at radius 1 is 1.28 bits per heavy atom. The molecule has 0 bridgehead atoms. The third kappa shape index (κ3) is 5.96. The quantitative estimate of drug-likeness (QED) is 0.812. The zero-order valence-corrected chi connectivity index (χ0v) is 13.3. The second-order valence-electron chi connectivity index (χ2n) is 5.98. The van der Waals surface area contributed by atoms with Gasteiger partial charge in [-0.1, -0.05) is 43.6 Å². The van der Waals surface area contributed by atoms with Gasteiger partial charge in [-0.2, -0.15) is 0 Å². The second kappa shape index (κ2) is 6.67. The fraction of sp³-hybridized carbons (Fsp3) is 0.600. The summed E-state index contributed by atoms with van der Waals surface area (Å²) in [4.78, 5) is 0. The van der Waals surface area contributed by atoms with Crippen molar-refractivity contribution in [3.8, 4) is 0 Å². The summed E-state index contributed by atoms with van der Waals surface area (Å²) in [6.45, 7) is 9.76. The van der Waals surface area contributed by atoms with Crippen molar-refractivity contribution in [2.45, 2.75) is 46.6 Å². The van der Waals surface area contributed by atoms with Crippen LogP contribution in [0.2, 0.25) is 0 Å². The molecule has 0 spiro atoms. The van der Waals surface area contributed by atoms with E-state index in [0.29, 0.717) is 6.04 Å². The number of halogens is 2. The SMILES string of the molecule is CC(C)NCCC(C)(C)Cc1cc(F)cc(Br)c1. The molecule has 1 N–H and O–H groups in total. The molecule has 18 heavy (non-hydrogen) atoms.